The van der Waals surface area contributed by atoms with Gasteiger partial charge in [-0.15, -0.1) is 0 Å². The molecular weight excluding hydrogens is 494 g/mol. The van der Waals surface area contributed by atoms with Gasteiger partial charge in [0, 0.05) is 18.8 Å². The van der Waals surface area contributed by atoms with E-state index in [1.54, 1.807) is 0 Å². The van der Waals surface area contributed by atoms with Crippen LogP contribution in [-0.4, -0.2) is 47.0 Å². The van der Waals surface area contributed by atoms with E-state index < -0.39 is 0 Å². The number of carbonyl (C=O) groups excluding carboxylic acids is 2. The number of fused-ring (bicyclic) bond motifs is 1. The van der Waals surface area contributed by atoms with Crippen LogP contribution in [0.2, 0.25) is 0 Å². The molecule has 0 aromatic heterocycles. The van der Waals surface area contributed by atoms with Crippen LogP contribution in [0, 0.1) is 12.8 Å². The Morgan fingerprint density at radius 3 is 2.53 bits per heavy atom. The quantitative estimate of drug-likeness (QED) is 0.412. The number of likely N-dealkylation sites (tertiary alicyclic amines) is 1. The smallest absolute Gasteiger partial charge is 0.338 e. The topological polar surface area (TPSA) is 62.2 Å². The third kappa shape index (κ3) is 5.44. The van der Waals surface area contributed by atoms with Gasteiger partial charge in [0.15, 0.2) is 5.17 Å². The number of methoxy groups -OCH3 is 1. The minimum Gasteiger partial charge on any atom is -0.466 e. The zero-order chi connectivity index (χ0) is 26.6. The Balaban J connectivity index is 1.33. The van der Waals surface area contributed by atoms with Crippen LogP contribution in [-0.2, 0) is 20.7 Å². The average molecular weight is 530 g/mol. The monoisotopic (exact) mass is 529 g/mol. The number of amidine groups is 1. The molecule has 0 radical (unpaired) electrons. The molecule has 0 saturated carbocycles. The van der Waals surface area contributed by atoms with Gasteiger partial charge in [0.1, 0.15) is 0 Å². The molecule has 38 heavy (non-hydrogen) atoms. The fourth-order valence-electron chi connectivity index (χ4n) is 5.67. The first-order chi connectivity index (χ1) is 18.5. The Kier molecular flexibility index (Phi) is 8.03. The molecule has 1 fully saturated rings. The summed E-state index contributed by atoms with van der Waals surface area (Å²) in [4.78, 5) is 35.5. The molecule has 0 N–H and O–H groups in total. The summed E-state index contributed by atoms with van der Waals surface area (Å²) in [5, 5.41) is 2.83. The molecule has 0 aliphatic carbocycles. The van der Waals surface area contributed by atoms with Gasteiger partial charge in [0.25, 0.3) is 0 Å². The van der Waals surface area contributed by atoms with E-state index in [1.165, 1.54) is 24.4 Å². The zero-order valence-corrected chi connectivity index (χ0v) is 23.2. The summed E-state index contributed by atoms with van der Waals surface area (Å²) < 4.78 is 5.22. The lowest BCUT2D eigenvalue weighted by Crippen LogP contribution is -2.41. The molecule has 3 aliphatic heterocycles. The molecule has 1 amide bonds. The number of aryl methyl sites for hydroxylation is 1. The maximum Gasteiger partial charge on any atom is 0.338 e. The second-order valence-electron chi connectivity index (χ2n) is 10.2. The van der Waals surface area contributed by atoms with Gasteiger partial charge in [0.2, 0.25) is 5.91 Å². The number of rotatable bonds is 7. The number of aliphatic imine (C=N–C) groups is 1. The first-order valence-corrected chi connectivity index (χ1v) is 14.3. The van der Waals surface area contributed by atoms with Crippen LogP contribution >= 0.6 is 11.8 Å². The zero-order valence-electron chi connectivity index (χ0n) is 22.4. The number of esters is 1. The molecule has 5 rings (SSSR count). The van der Waals surface area contributed by atoms with Crippen LogP contribution in [0.4, 0.5) is 0 Å². The molecule has 2 aromatic carbocycles. The number of hydrogen-bond acceptors (Lipinski definition) is 6. The number of benzene rings is 2. The first kappa shape index (κ1) is 26.3. The van der Waals surface area contributed by atoms with E-state index in [0.717, 1.165) is 60.0 Å². The third-order valence-electron chi connectivity index (χ3n) is 7.65. The summed E-state index contributed by atoms with van der Waals surface area (Å²) in [5.41, 5.74) is 5.64. The minimum absolute atomic E-state index is 0.129. The van der Waals surface area contributed by atoms with Crippen LogP contribution < -0.4 is 0 Å². The van der Waals surface area contributed by atoms with Crippen LogP contribution in [0.25, 0.3) is 0 Å². The van der Waals surface area contributed by atoms with E-state index >= 15 is 0 Å². The Hall–Kier alpha value is -3.32. The third-order valence-corrected chi connectivity index (χ3v) is 8.54. The van der Waals surface area contributed by atoms with Gasteiger partial charge in [-0.2, -0.15) is 0 Å². The summed E-state index contributed by atoms with van der Waals surface area (Å²) in [6, 6.07) is 18.4. The van der Waals surface area contributed by atoms with Crippen molar-refractivity contribution in [1.82, 2.24) is 9.80 Å². The van der Waals surface area contributed by atoms with Gasteiger partial charge < -0.3 is 14.5 Å². The number of thioether (sulfide) groups is 1. The van der Waals surface area contributed by atoms with Crippen LogP contribution in [0.15, 0.2) is 82.0 Å². The Morgan fingerprint density at radius 1 is 1.08 bits per heavy atom. The van der Waals surface area contributed by atoms with Gasteiger partial charge in [-0.25, -0.2) is 9.79 Å². The average Bonchev–Trinajstić information content (AvgIpc) is 3.34. The van der Waals surface area contributed by atoms with Crippen molar-refractivity contribution < 1.29 is 14.3 Å². The van der Waals surface area contributed by atoms with E-state index in [4.69, 9.17) is 9.73 Å². The Bertz CT molecular complexity index is 1290. The van der Waals surface area contributed by atoms with E-state index in [2.05, 4.69) is 41.3 Å². The predicted octanol–water partition coefficient (Wildman–Crippen LogP) is 6.00. The molecule has 0 spiro atoms. The number of nitrogens with zero attached hydrogens (tertiary/aromatic N) is 3. The molecule has 198 valence electrons. The Morgan fingerprint density at radius 2 is 1.84 bits per heavy atom. The molecule has 3 aliphatic rings. The second kappa shape index (κ2) is 11.6. The number of allylic oxidation sites excluding steroid dienone is 1. The number of hydrogen-bond donors (Lipinski definition) is 0. The van der Waals surface area contributed by atoms with Crippen molar-refractivity contribution in [3.8, 4) is 0 Å². The molecule has 0 unspecified atom stereocenters. The highest BCUT2D eigenvalue weighted by molar-refractivity contribution is 8.16. The van der Waals surface area contributed by atoms with Crippen molar-refractivity contribution in [1.29, 1.82) is 0 Å². The standard InChI is InChI=1S/C31H35N3O3S/c1-4-26-28(30(36)37-3)29(24-12-8-9-21(2)17-24)34-25(20-38-31(34)32-26)19-27(35)33-15-13-23(14-16-33)18-22-10-6-5-7-11-22/h5-12,17,20,23,29H,4,13-16,18-19H2,1-3H3/t29-/m1/s1. The SMILES string of the molecule is CCC1=C(C(=O)OC)[C@@H](c2cccc(C)c2)N2C(CC(=O)N3CCC(Cc4ccccc4)CC3)=CSC2=N1. The maximum atomic E-state index is 13.5. The van der Waals surface area contributed by atoms with Crippen molar-refractivity contribution in [2.24, 2.45) is 10.9 Å². The van der Waals surface area contributed by atoms with Crippen LogP contribution in [0.5, 0.6) is 0 Å². The molecule has 6 nitrogen and oxygen atoms in total. The second-order valence-corrected chi connectivity index (χ2v) is 11.0. The molecule has 0 bridgehead atoms. The van der Waals surface area contributed by atoms with Crippen LogP contribution in [0.1, 0.15) is 55.3 Å². The molecular formula is C31H35N3O3S. The number of piperidine rings is 1. The summed E-state index contributed by atoms with van der Waals surface area (Å²) in [5.74, 6) is 0.359. The fraction of sp³-hybridized carbons (Fsp3) is 0.387. The van der Waals surface area contributed by atoms with E-state index in [0.29, 0.717) is 17.9 Å². The lowest BCUT2D eigenvalue weighted by molar-refractivity contribution is -0.136. The predicted molar refractivity (Wildman–Crippen MR) is 152 cm³/mol. The maximum absolute atomic E-state index is 13.5. The van der Waals surface area contributed by atoms with E-state index in [-0.39, 0.29) is 24.3 Å². The van der Waals surface area contributed by atoms with Gasteiger partial charge >= 0.3 is 5.97 Å². The number of carbonyl (C=O) groups is 2. The van der Waals surface area contributed by atoms with Gasteiger partial charge in [-0.3, -0.25) is 4.79 Å². The lowest BCUT2D eigenvalue weighted by atomic mass is 9.90. The fourth-order valence-corrected chi connectivity index (χ4v) is 6.61. The minimum atomic E-state index is -0.379. The summed E-state index contributed by atoms with van der Waals surface area (Å²) in [6.07, 6.45) is 4.01. The highest BCUT2D eigenvalue weighted by Crippen LogP contribution is 2.45. The highest BCUT2D eigenvalue weighted by atomic mass is 32.2. The van der Waals surface area contributed by atoms with Crippen molar-refractivity contribution >= 4 is 28.8 Å². The van der Waals surface area contributed by atoms with Crippen molar-refractivity contribution in [2.45, 2.75) is 52.0 Å². The number of amides is 1. The lowest BCUT2D eigenvalue weighted by Gasteiger charge is -2.37. The van der Waals surface area contributed by atoms with Crippen LogP contribution in [0.3, 0.4) is 0 Å². The molecule has 1 atom stereocenters. The summed E-state index contributed by atoms with van der Waals surface area (Å²) in [6.45, 7) is 5.62. The molecule has 2 aromatic rings. The van der Waals surface area contributed by atoms with Gasteiger partial charge in [-0.1, -0.05) is 78.8 Å². The highest BCUT2D eigenvalue weighted by Gasteiger charge is 2.42. The van der Waals surface area contributed by atoms with Crippen molar-refractivity contribution in [2.75, 3.05) is 20.2 Å². The van der Waals surface area contributed by atoms with Gasteiger partial charge in [-0.05, 0) is 55.1 Å². The molecule has 7 heteroatoms. The van der Waals surface area contributed by atoms with E-state index in [9.17, 15) is 9.59 Å². The van der Waals surface area contributed by atoms with Gasteiger partial charge in [0.05, 0.1) is 30.8 Å². The summed E-state index contributed by atoms with van der Waals surface area (Å²) in [7, 11) is 1.41. The normalized spacial score (nSPS) is 19.7. The summed E-state index contributed by atoms with van der Waals surface area (Å²) >= 11 is 1.52. The van der Waals surface area contributed by atoms with Crippen molar-refractivity contribution in [3.05, 3.63) is 93.7 Å². The number of ether oxygens (including phenoxy) is 1. The van der Waals surface area contributed by atoms with Crippen molar-refractivity contribution in [3.63, 3.8) is 0 Å². The largest absolute Gasteiger partial charge is 0.466 e. The molecule has 3 heterocycles. The Labute approximate surface area is 229 Å². The molecule has 1 saturated heterocycles. The van der Waals surface area contributed by atoms with E-state index in [1.807, 2.05) is 42.4 Å². The first-order valence-electron chi connectivity index (χ1n) is 13.4.